The number of nitrogens with one attached hydrogen (secondary N) is 1. The molecule has 51 heavy (non-hydrogen) atoms. The fraction of sp³-hybridized carbons (Fsp3) is 0.0526. The van der Waals surface area contributed by atoms with E-state index in [1.807, 2.05) is 72.8 Å². The number of rotatable bonds is 7. The van der Waals surface area contributed by atoms with E-state index in [-0.39, 0.29) is 17.3 Å². The van der Waals surface area contributed by atoms with E-state index in [9.17, 15) is 9.59 Å². The normalized spacial score (nSPS) is 9.80. The van der Waals surface area contributed by atoms with Crippen LogP contribution in [0, 0.1) is 22.7 Å². The van der Waals surface area contributed by atoms with Crippen molar-refractivity contribution < 1.29 is 14.7 Å². The van der Waals surface area contributed by atoms with Crippen molar-refractivity contribution in [2.45, 2.75) is 12.8 Å². The molecule has 1 amide bonds. The van der Waals surface area contributed by atoms with Crippen molar-refractivity contribution in [3.63, 3.8) is 0 Å². The molecule has 0 aliphatic carbocycles. The van der Waals surface area contributed by atoms with E-state index >= 15 is 0 Å². The van der Waals surface area contributed by atoms with Gasteiger partial charge in [-0.1, -0.05) is 59.6 Å². The van der Waals surface area contributed by atoms with E-state index in [0.717, 1.165) is 28.1 Å². The predicted molar refractivity (Wildman–Crippen MR) is 194 cm³/mol. The predicted octanol–water partition coefficient (Wildman–Crippen LogP) is 7.40. The van der Waals surface area contributed by atoms with Gasteiger partial charge >= 0.3 is 5.97 Å². The van der Waals surface area contributed by atoms with Gasteiger partial charge in [-0.3, -0.25) is 4.79 Å². The third-order valence-corrected chi connectivity index (χ3v) is 7.22. The first-order valence-corrected chi connectivity index (χ1v) is 15.8. The van der Waals surface area contributed by atoms with Crippen molar-refractivity contribution in [1.29, 1.82) is 10.5 Å². The molecule has 0 atom stereocenters. The summed E-state index contributed by atoms with van der Waals surface area (Å²) in [6, 6.07) is 32.4. The Kier molecular flexibility index (Phi) is 13.7. The van der Waals surface area contributed by atoms with Crippen LogP contribution in [0.15, 0.2) is 122 Å². The Labute approximate surface area is 303 Å². The molecule has 0 saturated carbocycles. The van der Waals surface area contributed by atoms with Gasteiger partial charge in [-0.2, -0.15) is 10.5 Å². The van der Waals surface area contributed by atoms with Gasteiger partial charge in [0.15, 0.2) is 0 Å². The van der Waals surface area contributed by atoms with E-state index in [1.165, 1.54) is 36.2 Å². The molecule has 0 radical (unpaired) electrons. The highest BCUT2D eigenvalue weighted by Crippen LogP contribution is 2.16. The average Bonchev–Trinajstić information content (AvgIpc) is 3.14. The van der Waals surface area contributed by atoms with Crippen LogP contribution in [0.5, 0.6) is 0 Å². The number of benzene rings is 2. The number of hydrogen-bond acceptors (Lipinski definition) is 9. The molecule has 0 aliphatic rings. The van der Waals surface area contributed by atoms with Crippen molar-refractivity contribution in [3.8, 4) is 12.1 Å². The standard InChI is InChI=1S/C19H13ClN4O.C12H11ClN2.C7H4N2O2/c20-16-3-1-2-13(9-16)8-14-5-7-18(23-11-14)24-19(25)17-6-4-15(10-21)12-22-17;13-11-3-1-2-9(7-11)6-10-4-5-12(14)15-8-10;8-3-5-1-2-6(7(10)11)9-4-5/h1-7,9,11-12H,8H2,(H,23,24,25);1-5,7-8H,6H2,(H2,14,15);1-2,4H,(H,10,11). The average molecular weight is 716 g/mol. The Balaban J connectivity index is 0.000000190. The number of nitriles is 2. The number of amides is 1. The fourth-order valence-electron chi connectivity index (χ4n) is 4.27. The van der Waals surface area contributed by atoms with Crippen LogP contribution in [0.1, 0.15) is 54.4 Å². The summed E-state index contributed by atoms with van der Waals surface area (Å²) in [4.78, 5) is 38.1. The van der Waals surface area contributed by atoms with Crippen LogP contribution in [-0.2, 0) is 12.8 Å². The number of carbonyl (C=O) groups is 2. The maximum atomic E-state index is 12.1. The number of aromatic nitrogens is 4. The van der Waals surface area contributed by atoms with Gasteiger partial charge in [-0.05, 0) is 95.8 Å². The van der Waals surface area contributed by atoms with E-state index < -0.39 is 5.97 Å². The number of nitrogens with zero attached hydrogens (tertiary/aromatic N) is 6. The molecule has 0 fully saturated rings. The Hall–Kier alpha value is -6.66. The highest BCUT2D eigenvalue weighted by molar-refractivity contribution is 6.30. The van der Waals surface area contributed by atoms with Gasteiger partial charge in [0.05, 0.1) is 11.1 Å². The smallest absolute Gasteiger partial charge is 0.354 e. The first-order valence-electron chi connectivity index (χ1n) is 15.0. The number of nitrogens with two attached hydrogens (primary N) is 1. The zero-order valence-electron chi connectivity index (χ0n) is 26.7. The first-order chi connectivity index (χ1) is 24.6. The Morgan fingerprint density at radius 1 is 0.647 bits per heavy atom. The minimum absolute atomic E-state index is 0.0519. The molecule has 6 aromatic rings. The van der Waals surface area contributed by atoms with Gasteiger partial charge in [0.1, 0.15) is 35.2 Å². The van der Waals surface area contributed by atoms with Crippen molar-refractivity contribution >= 4 is 46.7 Å². The first kappa shape index (κ1) is 37.2. The molecule has 0 spiro atoms. The highest BCUT2D eigenvalue weighted by atomic mass is 35.5. The second-order valence-electron chi connectivity index (χ2n) is 10.6. The van der Waals surface area contributed by atoms with Gasteiger partial charge in [-0.15, -0.1) is 0 Å². The maximum absolute atomic E-state index is 12.1. The number of carboxylic acid groups (broad SMARTS) is 1. The summed E-state index contributed by atoms with van der Waals surface area (Å²) in [7, 11) is 0. The summed E-state index contributed by atoms with van der Waals surface area (Å²) < 4.78 is 0. The Bertz CT molecular complexity index is 2170. The van der Waals surface area contributed by atoms with Crippen LogP contribution < -0.4 is 11.1 Å². The van der Waals surface area contributed by atoms with Crippen LogP contribution in [0.3, 0.4) is 0 Å². The minimum Gasteiger partial charge on any atom is -0.477 e. The van der Waals surface area contributed by atoms with Crippen LogP contribution in [0.4, 0.5) is 11.6 Å². The van der Waals surface area contributed by atoms with Gasteiger partial charge in [0, 0.05) is 34.8 Å². The zero-order valence-corrected chi connectivity index (χ0v) is 28.3. The minimum atomic E-state index is -1.09. The number of aromatic carboxylic acids is 1. The molecule has 4 aromatic heterocycles. The lowest BCUT2D eigenvalue weighted by molar-refractivity contribution is 0.0690. The lowest BCUT2D eigenvalue weighted by atomic mass is 10.1. The van der Waals surface area contributed by atoms with Gasteiger partial charge in [-0.25, -0.2) is 24.7 Å². The topological polar surface area (TPSA) is 192 Å². The quantitative estimate of drug-likeness (QED) is 0.150. The van der Waals surface area contributed by atoms with Crippen molar-refractivity contribution in [2.75, 3.05) is 11.1 Å². The summed E-state index contributed by atoms with van der Waals surface area (Å²) in [5.41, 5.74) is 10.9. The molecule has 0 aliphatic heterocycles. The Morgan fingerprint density at radius 2 is 1.18 bits per heavy atom. The van der Waals surface area contributed by atoms with Crippen LogP contribution in [0.25, 0.3) is 0 Å². The molecule has 11 nitrogen and oxygen atoms in total. The molecule has 6 rings (SSSR count). The zero-order chi connectivity index (χ0) is 36.6. The summed E-state index contributed by atoms with van der Waals surface area (Å²) >= 11 is 11.9. The fourth-order valence-corrected chi connectivity index (χ4v) is 4.70. The molecule has 0 saturated heterocycles. The number of pyridine rings is 4. The molecule has 2 aromatic carbocycles. The van der Waals surface area contributed by atoms with E-state index in [1.54, 1.807) is 30.6 Å². The number of nitrogen functional groups attached to an aromatic ring is 1. The van der Waals surface area contributed by atoms with Crippen LogP contribution in [-0.4, -0.2) is 36.9 Å². The summed E-state index contributed by atoms with van der Waals surface area (Å²) in [6.45, 7) is 0. The number of anilines is 2. The summed E-state index contributed by atoms with van der Waals surface area (Å²) in [5, 5.41) is 29.6. The third kappa shape index (κ3) is 12.4. The number of carboxylic acids is 1. The molecule has 0 unspecified atom stereocenters. The summed E-state index contributed by atoms with van der Waals surface area (Å²) in [6.07, 6.45) is 7.62. The largest absolute Gasteiger partial charge is 0.477 e. The Morgan fingerprint density at radius 3 is 1.59 bits per heavy atom. The van der Waals surface area contributed by atoms with E-state index in [2.05, 4.69) is 25.3 Å². The molecular formula is C38H28Cl2N8O3. The van der Waals surface area contributed by atoms with Crippen LogP contribution >= 0.6 is 23.2 Å². The van der Waals surface area contributed by atoms with E-state index in [4.69, 9.17) is 44.6 Å². The lowest BCUT2D eigenvalue weighted by Crippen LogP contribution is -2.14. The van der Waals surface area contributed by atoms with E-state index in [0.29, 0.717) is 34.2 Å². The summed E-state index contributed by atoms with van der Waals surface area (Å²) in [5.74, 6) is -0.482. The number of carbonyl (C=O) groups excluding carboxylic acids is 1. The van der Waals surface area contributed by atoms with Crippen LogP contribution in [0.2, 0.25) is 10.0 Å². The highest BCUT2D eigenvalue weighted by Gasteiger charge is 2.09. The SMILES string of the molecule is N#Cc1ccc(C(=O)Nc2ccc(Cc3cccc(Cl)c3)cn2)nc1.N#Cc1ccc(C(=O)O)nc1.Nc1ccc(Cc2cccc(Cl)c2)cn1. The maximum Gasteiger partial charge on any atom is 0.354 e. The van der Waals surface area contributed by atoms with Gasteiger partial charge < -0.3 is 16.2 Å². The van der Waals surface area contributed by atoms with Crippen molar-refractivity contribution in [2.24, 2.45) is 0 Å². The number of halogens is 2. The van der Waals surface area contributed by atoms with Crippen molar-refractivity contribution in [1.82, 2.24) is 19.9 Å². The number of hydrogen-bond donors (Lipinski definition) is 3. The molecule has 13 heteroatoms. The second-order valence-corrected chi connectivity index (χ2v) is 11.5. The second kappa shape index (κ2) is 18.8. The van der Waals surface area contributed by atoms with Gasteiger partial charge in [0.25, 0.3) is 5.91 Å². The molecule has 0 bridgehead atoms. The molecule has 252 valence electrons. The monoisotopic (exact) mass is 714 g/mol. The molecule has 4 heterocycles. The third-order valence-electron chi connectivity index (χ3n) is 6.75. The lowest BCUT2D eigenvalue weighted by Gasteiger charge is -2.06. The molecular weight excluding hydrogens is 687 g/mol. The molecule has 4 N–H and O–H groups in total. The van der Waals surface area contributed by atoms with Crippen molar-refractivity contribution in [3.05, 3.63) is 177 Å². The van der Waals surface area contributed by atoms with Gasteiger partial charge in [0.2, 0.25) is 0 Å².